The lowest BCUT2D eigenvalue weighted by Gasteiger charge is -2.08. The van der Waals surface area contributed by atoms with Crippen LogP contribution in [0.5, 0.6) is 0 Å². The molecule has 0 rings (SSSR count). The van der Waals surface area contributed by atoms with Crippen LogP contribution >= 0.6 is 0 Å². The van der Waals surface area contributed by atoms with Crippen molar-refractivity contribution < 1.29 is 8.78 Å². The minimum atomic E-state index is -2.55. The van der Waals surface area contributed by atoms with Crippen molar-refractivity contribution in [1.29, 1.82) is 0 Å². The van der Waals surface area contributed by atoms with E-state index < -0.39 is 5.92 Å². The number of nitrogens with zero attached hydrogens (tertiary/aromatic N) is 1. The van der Waals surface area contributed by atoms with Crippen LogP contribution < -0.4 is 0 Å². The van der Waals surface area contributed by atoms with Gasteiger partial charge >= 0.3 is 0 Å². The molecule has 0 aromatic heterocycles. The van der Waals surface area contributed by atoms with E-state index in [0.29, 0.717) is 13.0 Å². The minimum absolute atomic E-state index is 0.0949. The Labute approximate surface area is 66.5 Å². The highest BCUT2D eigenvalue weighted by atomic mass is 19.3. The van der Waals surface area contributed by atoms with Crippen molar-refractivity contribution in [2.75, 3.05) is 6.54 Å². The Kier molecular flexibility index (Phi) is 4.23. The summed E-state index contributed by atoms with van der Waals surface area (Å²) in [5.41, 5.74) is 0.814. The molecule has 0 aromatic carbocycles. The third kappa shape index (κ3) is 7.43. The topological polar surface area (TPSA) is 12.4 Å². The SMILES string of the molecule is CC/N=C(\C)CCC(C)(F)F. The van der Waals surface area contributed by atoms with Gasteiger partial charge in [-0.1, -0.05) is 0 Å². The largest absolute Gasteiger partial charge is 0.295 e. The Morgan fingerprint density at radius 2 is 2.00 bits per heavy atom. The maximum absolute atomic E-state index is 12.3. The summed E-state index contributed by atoms with van der Waals surface area (Å²) in [6.45, 7) is 5.30. The second-order valence-corrected chi connectivity index (χ2v) is 2.78. The predicted octanol–water partition coefficient (Wildman–Crippen LogP) is 2.90. The van der Waals surface area contributed by atoms with Crippen LogP contribution in [-0.2, 0) is 0 Å². The summed E-state index contributed by atoms with van der Waals surface area (Å²) in [7, 11) is 0. The zero-order valence-corrected chi connectivity index (χ0v) is 7.32. The monoisotopic (exact) mass is 163 g/mol. The van der Waals surface area contributed by atoms with Gasteiger partial charge in [0, 0.05) is 18.7 Å². The molecule has 0 aliphatic heterocycles. The van der Waals surface area contributed by atoms with Gasteiger partial charge in [-0.2, -0.15) is 0 Å². The van der Waals surface area contributed by atoms with Gasteiger partial charge in [-0.25, -0.2) is 8.78 Å². The standard InChI is InChI=1S/C8H15F2N/c1-4-11-7(2)5-6-8(3,9)10/h4-6H2,1-3H3/b11-7+. The number of rotatable bonds is 4. The summed E-state index contributed by atoms with van der Waals surface area (Å²) in [4.78, 5) is 4.01. The molecule has 0 spiro atoms. The van der Waals surface area contributed by atoms with Gasteiger partial charge in [-0.15, -0.1) is 0 Å². The van der Waals surface area contributed by atoms with Gasteiger partial charge in [0.2, 0.25) is 5.92 Å². The molecular weight excluding hydrogens is 148 g/mol. The summed E-state index contributed by atoms with van der Waals surface area (Å²) < 4.78 is 24.5. The Morgan fingerprint density at radius 3 is 2.36 bits per heavy atom. The molecule has 0 aliphatic rings. The number of hydrogen-bond acceptors (Lipinski definition) is 1. The van der Waals surface area contributed by atoms with E-state index in [-0.39, 0.29) is 6.42 Å². The zero-order valence-electron chi connectivity index (χ0n) is 7.32. The smallest absolute Gasteiger partial charge is 0.245 e. The van der Waals surface area contributed by atoms with Crippen molar-refractivity contribution in [3.05, 3.63) is 0 Å². The second-order valence-electron chi connectivity index (χ2n) is 2.78. The van der Waals surface area contributed by atoms with E-state index in [1.807, 2.05) is 6.92 Å². The van der Waals surface area contributed by atoms with Gasteiger partial charge in [-0.05, 0) is 27.2 Å². The average Bonchev–Trinajstić information content (AvgIpc) is 1.83. The first-order chi connectivity index (χ1) is 4.95. The van der Waals surface area contributed by atoms with E-state index in [1.54, 1.807) is 6.92 Å². The third-order valence-corrected chi connectivity index (χ3v) is 1.35. The normalized spacial score (nSPS) is 13.7. The Bertz CT molecular complexity index is 136. The van der Waals surface area contributed by atoms with Crippen LogP contribution in [0.15, 0.2) is 4.99 Å². The lowest BCUT2D eigenvalue weighted by Crippen LogP contribution is -2.11. The maximum atomic E-state index is 12.3. The zero-order chi connectivity index (χ0) is 8.91. The van der Waals surface area contributed by atoms with E-state index in [0.717, 1.165) is 12.6 Å². The number of alkyl halides is 2. The highest BCUT2D eigenvalue weighted by Crippen LogP contribution is 2.18. The van der Waals surface area contributed by atoms with Crippen molar-refractivity contribution in [2.24, 2.45) is 4.99 Å². The molecule has 1 nitrogen and oxygen atoms in total. The first-order valence-corrected chi connectivity index (χ1v) is 3.83. The molecule has 0 N–H and O–H groups in total. The lowest BCUT2D eigenvalue weighted by atomic mass is 10.1. The van der Waals surface area contributed by atoms with Crippen molar-refractivity contribution in [3.63, 3.8) is 0 Å². The van der Waals surface area contributed by atoms with Gasteiger partial charge in [0.15, 0.2) is 0 Å². The number of hydrogen-bond donors (Lipinski definition) is 0. The van der Waals surface area contributed by atoms with Crippen molar-refractivity contribution in [3.8, 4) is 0 Å². The van der Waals surface area contributed by atoms with Crippen molar-refractivity contribution in [2.45, 2.75) is 39.5 Å². The van der Waals surface area contributed by atoms with Crippen LogP contribution in [0.4, 0.5) is 8.78 Å². The number of halogens is 2. The fraction of sp³-hybridized carbons (Fsp3) is 0.875. The van der Waals surface area contributed by atoms with E-state index in [2.05, 4.69) is 4.99 Å². The molecule has 0 aromatic rings. The van der Waals surface area contributed by atoms with Crippen LogP contribution in [0.25, 0.3) is 0 Å². The second kappa shape index (κ2) is 4.42. The minimum Gasteiger partial charge on any atom is -0.295 e. The molecule has 0 amide bonds. The Hall–Kier alpha value is -0.470. The van der Waals surface area contributed by atoms with Crippen LogP contribution in [0.1, 0.15) is 33.6 Å². The molecule has 0 unspecified atom stereocenters. The number of aliphatic imine (C=N–C) groups is 1. The maximum Gasteiger partial charge on any atom is 0.245 e. The van der Waals surface area contributed by atoms with Gasteiger partial charge in [0.05, 0.1) is 0 Å². The molecule has 0 heterocycles. The quantitative estimate of drug-likeness (QED) is 0.565. The van der Waals surface area contributed by atoms with Crippen molar-refractivity contribution >= 4 is 5.71 Å². The van der Waals surface area contributed by atoms with E-state index in [1.165, 1.54) is 0 Å². The molecule has 0 radical (unpaired) electrons. The average molecular weight is 163 g/mol. The highest BCUT2D eigenvalue weighted by Gasteiger charge is 2.20. The fourth-order valence-electron chi connectivity index (χ4n) is 0.749. The molecule has 0 aliphatic carbocycles. The van der Waals surface area contributed by atoms with E-state index in [9.17, 15) is 8.78 Å². The van der Waals surface area contributed by atoms with Gasteiger partial charge < -0.3 is 0 Å². The molecule has 66 valence electrons. The van der Waals surface area contributed by atoms with E-state index in [4.69, 9.17) is 0 Å². The molecule has 0 bridgehead atoms. The van der Waals surface area contributed by atoms with Crippen LogP contribution in [-0.4, -0.2) is 18.2 Å². The Balaban J connectivity index is 3.62. The molecule has 0 saturated heterocycles. The fourth-order valence-corrected chi connectivity index (χ4v) is 0.749. The molecular formula is C8H15F2N. The summed E-state index contributed by atoms with van der Waals surface area (Å²) in [5.74, 6) is -2.55. The molecule has 11 heavy (non-hydrogen) atoms. The van der Waals surface area contributed by atoms with Crippen LogP contribution in [0, 0.1) is 0 Å². The first-order valence-electron chi connectivity index (χ1n) is 3.83. The van der Waals surface area contributed by atoms with Gasteiger partial charge in [-0.3, -0.25) is 4.99 Å². The molecule has 0 fully saturated rings. The predicted molar refractivity (Wildman–Crippen MR) is 43.5 cm³/mol. The highest BCUT2D eigenvalue weighted by molar-refractivity contribution is 5.81. The van der Waals surface area contributed by atoms with Gasteiger partial charge in [0.25, 0.3) is 0 Å². The first kappa shape index (κ1) is 10.5. The van der Waals surface area contributed by atoms with Gasteiger partial charge in [0.1, 0.15) is 0 Å². The summed E-state index contributed by atoms with van der Waals surface area (Å²) in [5, 5.41) is 0. The molecule has 3 heteroatoms. The van der Waals surface area contributed by atoms with Crippen LogP contribution in [0.3, 0.4) is 0 Å². The van der Waals surface area contributed by atoms with Crippen LogP contribution in [0.2, 0.25) is 0 Å². The molecule has 0 saturated carbocycles. The summed E-state index contributed by atoms with van der Waals surface area (Å²) in [6.07, 6.45) is 0.305. The Morgan fingerprint density at radius 1 is 1.45 bits per heavy atom. The summed E-state index contributed by atoms with van der Waals surface area (Å²) in [6, 6.07) is 0. The third-order valence-electron chi connectivity index (χ3n) is 1.35. The lowest BCUT2D eigenvalue weighted by molar-refractivity contribution is 0.0150. The molecule has 0 atom stereocenters. The summed E-state index contributed by atoms with van der Waals surface area (Å²) >= 11 is 0. The van der Waals surface area contributed by atoms with Crippen molar-refractivity contribution in [1.82, 2.24) is 0 Å². The van der Waals surface area contributed by atoms with E-state index >= 15 is 0 Å².